The van der Waals surface area contributed by atoms with Gasteiger partial charge in [-0.3, -0.25) is 0 Å². The number of rotatable bonds is 6. The first-order valence-electron chi connectivity index (χ1n) is 5.46. The van der Waals surface area contributed by atoms with E-state index in [1.165, 1.54) is 18.2 Å². The standard InChI is InChI=1S/C12H21O4P/c1-10(4-7-13)17(16,11(2)5-8-14)12(3)6-9-15/h4-15H,1-3H3. The lowest BCUT2D eigenvalue weighted by Crippen LogP contribution is -2.19. The highest BCUT2D eigenvalue weighted by Gasteiger charge is 2.37. The van der Waals surface area contributed by atoms with Gasteiger partial charge in [0.1, 0.15) is 7.14 Å². The van der Waals surface area contributed by atoms with Crippen molar-refractivity contribution in [2.24, 2.45) is 0 Å². The molecule has 0 bridgehead atoms. The monoisotopic (exact) mass is 260 g/mol. The van der Waals surface area contributed by atoms with Crippen LogP contribution in [0.25, 0.3) is 0 Å². The SMILES string of the molecule is CC(C=CO)P(=O)(C(C)C=CO)C(C)C=CO. The maximum absolute atomic E-state index is 13.0. The van der Waals surface area contributed by atoms with Crippen LogP contribution in [-0.4, -0.2) is 32.3 Å². The Bertz CT molecular complexity index is 294. The van der Waals surface area contributed by atoms with Gasteiger partial charge < -0.3 is 19.9 Å². The van der Waals surface area contributed by atoms with Crippen molar-refractivity contribution in [1.82, 2.24) is 0 Å². The van der Waals surface area contributed by atoms with E-state index in [4.69, 9.17) is 15.3 Å². The molecule has 0 aliphatic carbocycles. The van der Waals surface area contributed by atoms with Gasteiger partial charge in [-0.1, -0.05) is 20.8 Å². The van der Waals surface area contributed by atoms with Crippen LogP contribution < -0.4 is 0 Å². The minimum Gasteiger partial charge on any atom is -0.516 e. The molecule has 3 unspecified atom stereocenters. The van der Waals surface area contributed by atoms with Crippen LogP contribution in [0.2, 0.25) is 0 Å². The minimum absolute atomic E-state index is 0.343. The Morgan fingerprint density at radius 3 is 1.18 bits per heavy atom. The highest BCUT2D eigenvalue weighted by atomic mass is 31.2. The number of aliphatic hydroxyl groups excluding tert-OH is 3. The normalized spacial score (nSPS) is 21.8. The molecule has 0 fully saturated rings. The number of aliphatic hydroxyl groups is 3. The zero-order valence-corrected chi connectivity index (χ0v) is 11.3. The summed E-state index contributed by atoms with van der Waals surface area (Å²) in [5.74, 6) is 0. The summed E-state index contributed by atoms with van der Waals surface area (Å²) < 4.78 is 13.0. The van der Waals surface area contributed by atoms with Crippen LogP contribution in [-0.2, 0) is 4.57 Å². The van der Waals surface area contributed by atoms with Crippen molar-refractivity contribution in [1.29, 1.82) is 0 Å². The summed E-state index contributed by atoms with van der Waals surface area (Å²) in [4.78, 5) is 0. The lowest BCUT2D eigenvalue weighted by Gasteiger charge is -2.30. The molecule has 4 nitrogen and oxygen atoms in total. The lowest BCUT2D eigenvalue weighted by atomic mass is 10.4. The van der Waals surface area contributed by atoms with Crippen LogP contribution in [0, 0.1) is 0 Å². The number of allylic oxidation sites excluding steroid dienone is 3. The molecule has 17 heavy (non-hydrogen) atoms. The van der Waals surface area contributed by atoms with Gasteiger partial charge in [-0.2, -0.15) is 0 Å². The van der Waals surface area contributed by atoms with Crippen molar-refractivity contribution in [2.75, 3.05) is 0 Å². The second-order valence-corrected chi connectivity index (χ2v) is 7.98. The first kappa shape index (κ1) is 15.9. The molecular formula is C12H21O4P. The van der Waals surface area contributed by atoms with Crippen LogP contribution in [0.3, 0.4) is 0 Å². The van der Waals surface area contributed by atoms with E-state index in [-0.39, 0.29) is 17.0 Å². The summed E-state index contributed by atoms with van der Waals surface area (Å²) in [5.41, 5.74) is -1.03. The van der Waals surface area contributed by atoms with Gasteiger partial charge in [0, 0.05) is 17.0 Å². The Balaban J connectivity index is 5.41. The molecule has 0 aromatic carbocycles. The largest absolute Gasteiger partial charge is 0.516 e. The molecule has 0 rings (SSSR count). The second kappa shape index (κ2) is 7.23. The predicted octanol–water partition coefficient (Wildman–Crippen LogP) is 3.73. The van der Waals surface area contributed by atoms with Gasteiger partial charge in [0.15, 0.2) is 0 Å². The van der Waals surface area contributed by atoms with Gasteiger partial charge in [0.25, 0.3) is 0 Å². The molecule has 0 radical (unpaired) electrons. The molecule has 0 aromatic rings. The fourth-order valence-electron chi connectivity index (χ4n) is 1.89. The van der Waals surface area contributed by atoms with Gasteiger partial charge in [-0.25, -0.2) is 0 Å². The third kappa shape index (κ3) is 3.67. The average molecular weight is 260 g/mol. The van der Waals surface area contributed by atoms with Crippen LogP contribution in [0.1, 0.15) is 20.8 Å². The highest BCUT2D eigenvalue weighted by Crippen LogP contribution is 2.60. The fourth-order valence-corrected chi connectivity index (χ4v) is 5.15. The third-order valence-corrected chi connectivity index (χ3v) is 7.34. The van der Waals surface area contributed by atoms with E-state index in [0.717, 1.165) is 18.8 Å². The summed E-state index contributed by atoms with van der Waals surface area (Å²) >= 11 is 0. The van der Waals surface area contributed by atoms with Crippen LogP contribution >= 0.6 is 7.14 Å². The molecule has 0 saturated carbocycles. The van der Waals surface area contributed by atoms with E-state index in [1.807, 2.05) is 0 Å². The van der Waals surface area contributed by atoms with Crippen molar-refractivity contribution in [3.05, 3.63) is 37.0 Å². The van der Waals surface area contributed by atoms with E-state index in [9.17, 15) is 4.57 Å². The minimum atomic E-state index is -2.78. The van der Waals surface area contributed by atoms with Crippen molar-refractivity contribution >= 4 is 7.14 Å². The Morgan fingerprint density at radius 2 is 1.00 bits per heavy atom. The Labute approximate surface area is 102 Å². The van der Waals surface area contributed by atoms with Crippen molar-refractivity contribution in [2.45, 2.75) is 37.7 Å². The molecule has 98 valence electrons. The summed E-state index contributed by atoms with van der Waals surface area (Å²) in [6.45, 7) is 5.24. The topological polar surface area (TPSA) is 77.8 Å². The molecule has 3 N–H and O–H groups in total. The summed E-state index contributed by atoms with van der Waals surface area (Å²) in [6.07, 6.45) is 7.02. The first-order valence-corrected chi connectivity index (χ1v) is 7.38. The summed E-state index contributed by atoms with van der Waals surface area (Å²) in [6, 6.07) is 0. The van der Waals surface area contributed by atoms with Crippen LogP contribution in [0.4, 0.5) is 0 Å². The van der Waals surface area contributed by atoms with E-state index < -0.39 is 7.14 Å². The number of hydrogen-bond acceptors (Lipinski definition) is 4. The number of hydrogen-bond donors (Lipinski definition) is 3. The van der Waals surface area contributed by atoms with Crippen molar-refractivity contribution in [3.63, 3.8) is 0 Å². The summed E-state index contributed by atoms with van der Waals surface area (Å²) in [7, 11) is -2.78. The molecule has 3 atom stereocenters. The third-order valence-electron chi connectivity index (χ3n) is 3.00. The van der Waals surface area contributed by atoms with E-state index >= 15 is 0 Å². The van der Waals surface area contributed by atoms with E-state index in [1.54, 1.807) is 20.8 Å². The smallest absolute Gasteiger partial charge is 0.107 e. The van der Waals surface area contributed by atoms with E-state index in [0.29, 0.717) is 0 Å². The second-order valence-electron chi connectivity index (χ2n) is 4.01. The van der Waals surface area contributed by atoms with E-state index in [2.05, 4.69) is 0 Å². The molecular weight excluding hydrogens is 239 g/mol. The Hall–Kier alpha value is -1.15. The molecule has 0 aliphatic rings. The van der Waals surface area contributed by atoms with Crippen molar-refractivity contribution in [3.8, 4) is 0 Å². The molecule has 0 heterocycles. The maximum Gasteiger partial charge on any atom is 0.107 e. The predicted molar refractivity (Wildman–Crippen MR) is 71.3 cm³/mol. The lowest BCUT2D eigenvalue weighted by molar-refractivity contribution is 0.468. The molecule has 0 saturated heterocycles. The maximum atomic E-state index is 13.0. The van der Waals surface area contributed by atoms with Gasteiger partial charge in [0.2, 0.25) is 0 Å². The highest BCUT2D eigenvalue weighted by molar-refractivity contribution is 7.66. The zero-order chi connectivity index (χ0) is 13.5. The molecule has 5 heteroatoms. The van der Waals surface area contributed by atoms with Crippen LogP contribution in [0.15, 0.2) is 37.0 Å². The van der Waals surface area contributed by atoms with Gasteiger partial charge in [-0.05, 0) is 18.2 Å². The molecule has 0 aliphatic heterocycles. The Kier molecular flexibility index (Phi) is 6.74. The molecule has 0 aromatic heterocycles. The van der Waals surface area contributed by atoms with Crippen molar-refractivity contribution < 1.29 is 19.9 Å². The van der Waals surface area contributed by atoms with Gasteiger partial charge in [0.05, 0.1) is 18.8 Å². The average Bonchev–Trinajstić information content (AvgIpc) is 2.28. The Morgan fingerprint density at radius 1 is 0.765 bits per heavy atom. The van der Waals surface area contributed by atoms with Gasteiger partial charge >= 0.3 is 0 Å². The first-order chi connectivity index (χ1) is 7.94. The van der Waals surface area contributed by atoms with Gasteiger partial charge in [-0.15, -0.1) is 0 Å². The zero-order valence-electron chi connectivity index (χ0n) is 10.4. The molecule has 0 spiro atoms. The summed E-state index contributed by atoms with van der Waals surface area (Å²) in [5, 5.41) is 26.4. The quantitative estimate of drug-likeness (QED) is 0.502. The fraction of sp³-hybridized carbons (Fsp3) is 0.500. The molecule has 0 amide bonds. The van der Waals surface area contributed by atoms with Crippen LogP contribution in [0.5, 0.6) is 0 Å².